The molecule has 0 heterocycles. The van der Waals surface area contributed by atoms with E-state index in [4.69, 9.17) is 0 Å². The summed E-state index contributed by atoms with van der Waals surface area (Å²) in [6, 6.07) is 8.45. The maximum atomic E-state index is 13.7. The Morgan fingerprint density at radius 1 is 0.850 bits per heavy atom. The third-order valence-corrected chi connectivity index (χ3v) is 3.00. The van der Waals surface area contributed by atoms with Crippen molar-refractivity contribution in [1.29, 1.82) is 0 Å². The van der Waals surface area contributed by atoms with E-state index in [1.807, 2.05) is 13.8 Å². The standard InChI is InChI=1S/C16H16F3N/c1-10(2)20-9-13-7-11(3-5-14(13)17)12-4-6-15(18)16(19)8-12/h3-8,10,20H,9H2,1-2H3. The van der Waals surface area contributed by atoms with Crippen LogP contribution in [0.3, 0.4) is 0 Å². The van der Waals surface area contributed by atoms with Crippen LogP contribution in [0.4, 0.5) is 13.2 Å². The van der Waals surface area contributed by atoms with Gasteiger partial charge in [-0.05, 0) is 35.4 Å². The predicted octanol–water partition coefficient (Wildman–Crippen LogP) is 4.27. The first-order valence-corrected chi connectivity index (χ1v) is 6.44. The molecule has 1 N–H and O–H groups in total. The Hall–Kier alpha value is -1.81. The molecule has 20 heavy (non-hydrogen) atoms. The van der Waals surface area contributed by atoms with E-state index in [0.29, 0.717) is 23.2 Å². The molecular formula is C16H16F3N. The molecule has 4 heteroatoms. The van der Waals surface area contributed by atoms with E-state index in [9.17, 15) is 13.2 Å². The van der Waals surface area contributed by atoms with E-state index in [-0.39, 0.29) is 11.9 Å². The molecule has 0 aliphatic rings. The molecule has 0 aliphatic heterocycles. The molecule has 2 aromatic rings. The van der Waals surface area contributed by atoms with Crippen LogP contribution in [-0.4, -0.2) is 6.04 Å². The van der Waals surface area contributed by atoms with Crippen molar-refractivity contribution in [3.8, 4) is 11.1 Å². The summed E-state index contributed by atoms with van der Waals surface area (Å²) in [7, 11) is 0. The molecule has 2 rings (SSSR count). The zero-order valence-corrected chi connectivity index (χ0v) is 11.4. The van der Waals surface area contributed by atoms with E-state index in [2.05, 4.69) is 5.32 Å². The second-order valence-corrected chi connectivity index (χ2v) is 4.97. The summed E-state index contributed by atoms with van der Waals surface area (Å²) in [5, 5.41) is 3.13. The second kappa shape index (κ2) is 6.09. The van der Waals surface area contributed by atoms with Gasteiger partial charge >= 0.3 is 0 Å². The lowest BCUT2D eigenvalue weighted by Crippen LogP contribution is -2.22. The lowest BCUT2D eigenvalue weighted by Gasteiger charge is -2.11. The van der Waals surface area contributed by atoms with Crippen LogP contribution < -0.4 is 5.32 Å². The number of halogens is 3. The van der Waals surface area contributed by atoms with Crippen LogP contribution in [0.2, 0.25) is 0 Å². The molecule has 0 fully saturated rings. The van der Waals surface area contributed by atoms with Crippen molar-refractivity contribution in [2.24, 2.45) is 0 Å². The molecule has 0 bridgehead atoms. The quantitative estimate of drug-likeness (QED) is 0.881. The normalized spacial score (nSPS) is 11.1. The first kappa shape index (κ1) is 14.6. The number of benzene rings is 2. The fraction of sp³-hybridized carbons (Fsp3) is 0.250. The summed E-state index contributed by atoms with van der Waals surface area (Å²) in [6.07, 6.45) is 0. The Morgan fingerprint density at radius 2 is 1.45 bits per heavy atom. The van der Waals surface area contributed by atoms with Gasteiger partial charge in [-0.15, -0.1) is 0 Å². The highest BCUT2D eigenvalue weighted by Crippen LogP contribution is 2.24. The largest absolute Gasteiger partial charge is 0.310 e. The van der Waals surface area contributed by atoms with Gasteiger partial charge in [0.25, 0.3) is 0 Å². The third-order valence-electron chi connectivity index (χ3n) is 3.00. The van der Waals surface area contributed by atoms with E-state index < -0.39 is 11.6 Å². The highest BCUT2D eigenvalue weighted by molar-refractivity contribution is 5.64. The Morgan fingerprint density at radius 3 is 2.05 bits per heavy atom. The number of nitrogens with one attached hydrogen (secondary N) is 1. The molecule has 0 radical (unpaired) electrons. The first-order valence-electron chi connectivity index (χ1n) is 6.44. The highest BCUT2D eigenvalue weighted by atomic mass is 19.2. The fourth-order valence-electron chi connectivity index (χ4n) is 1.88. The zero-order chi connectivity index (χ0) is 14.7. The summed E-state index contributed by atoms with van der Waals surface area (Å²) in [5.74, 6) is -2.12. The van der Waals surface area contributed by atoms with E-state index in [1.54, 1.807) is 12.1 Å². The summed E-state index contributed by atoms with van der Waals surface area (Å²) in [4.78, 5) is 0. The molecule has 0 saturated heterocycles. The number of hydrogen-bond donors (Lipinski definition) is 1. The van der Waals surface area contributed by atoms with Gasteiger partial charge in [-0.2, -0.15) is 0 Å². The molecule has 0 amide bonds. The fourth-order valence-corrected chi connectivity index (χ4v) is 1.88. The number of rotatable bonds is 4. The monoisotopic (exact) mass is 279 g/mol. The molecule has 0 spiro atoms. The molecule has 0 unspecified atom stereocenters. The Bertz CT molecular complexity index is 609. The number of hydrogen-bond acceptors (Lipinski definition) is 1. The average molecular weight is 279 g/mol. The SMILES string of the molecule is CC(C)NCc1cc(-c2ccc(F)c(F)c2)ccc1F. The van der Waals surface area contributed by atoms with Crippen LogP contribution in [0.5, 0.6) is 0 Å². The molecule has 0 aromatic heterocycles. The first-order chi connectivity index (χ1) is 9.47. The highest BCUT2D eigenvalue weighted by Gasteiger charge is 2.08. The molecule has 2 aromatic carbocycles. The Kier molecular flexibility index (Phi) is 4.45. The van der Waals surface area contributed by atoms with Gasteiger partial charge in [-0.25, -0.2) is 13.2 Å². The van der Waals surface area contributed by atoms with Crippen LogP contribution in [0.1, 0.15) is 19.4 Å². The lowest BCUT2D eigenvalue weighted by molar-refractivity contribution is 0.509. The molecule has 0 saturated carbocycles. The minimum atomic E-state index is -0.909. The van der Waals surface area contributed by atoms with Crippen LogP contribution in [0.25, 0.3) is 11.1 Å². The van der Waals surface area contributed by atoms with Crippen molar-refractivity contribution in [1.82, 2.24) is 5.32 Å². The van der Waals surface area contributed by atoms with E-state index in [0.717, 1.165) is 12.1 Å². The third kappa shape index (κ3) is 3.39. The van der Waals surface area contributed by atoms with E-state index >= 15 is 0 Å². The van der Waals surface area contributed by atoms with Gasteiger partial charge < -0.3 is 5.32 Å². The van der Waals surface area contributed by atoms with Crippen molar-refractivity contribution in [3.63, 3.8) is 0 Å². The minimum Gasteiger partial charge on any atom is -0.310 e. The van der Waals surface area contributed by atoms with Crippen LogP contribution in [-0.2, 0) is 6.54 Å². The van der Waals surface area contributed by atoms with Crippen LogP contribution in [0, 0.1) is 17.5 Å². The van der Waals surface area contributed by atoms with Gasteiger partial charge in [-0.1, -0.05) is 26.0 Å². The van der Waals surface area contributed by atoms with Crippen molar-refractivity contribution in [3.05, 3.63) is 59.4 Å². The molecule has 0 aliphatic carbocycles. The van der Waals surface area contributed by atoms with Gasteiger partial charge in [0.15, 0.2) is 11.6 Å². The molecule has 1 nitrogen and oxygen atoms in total. The maximum Gasteiger partial charge on any atom is 0.159 e. The van der Waals surface area contributed by atoms with Crippen LogP contribution in [0.15, 0.2) is 36.4 Å². The predicted molar refractivity (Wildman–Crippen MR) is 73.7 cm³/mol. The summed E-state index contributed by atoms with van der Waals surface area (Å²) >= 11 is 0. The van der Waals surface area contributed by atoms with Gasteiger partial charge in [0.05, 0.1) is 0 Å². The summed E-state index contributed by atoms with van der Waals surface area (Å²) in [6.45, 7) is 4.33. The molecule has 0 atom stereocenters. The second-order valence-electron chi connectivity index (χ2n) is 4.97. The lowest BCUT2D eigenvalue weighted by atomic mass is 10.0. The average Bonchev–Trinajstić information content (AvgIpc) is 2.41. The van der Waals surface area contributed by atoms with Crippen molar-refractivity contribution in [2.45, 2.75) is 26.4 Å². The van der Waals surface area contributed by atoms with Crippen molar-refractivity contribution >= 4 is 0 Å². The topological polar surface area (TPSA) is 12.0 Å². The maximum absolute atomic E-state index is 13.7. The van der Waals surface area contributed by atoms with Gasteiger partial charge in [0.2, 0.25) is 0 Å². The zero-order valence-electron chi connectivity index (χ0n) is 11.4. The summed E-state index contributed by atoms with van der Waals surface area (Å²) in [5.41, 5.74) is 1.68. The van der Waals surface area contributed by atoms with Crippen LogP contribution >= 0.6 is 0 Å². The molecule has 106 valence electrons. The van der Waals surface area contributed by atoms with Gasteiger partial charge in [0.1, 0.15) is 5.82 Å². The van der Waals surface area contributed by atoms with E-state index in [1.165, 1.54) is 12.1 Å². The van der Waals surface area contributed by atoms with Gasteiger partial charge in [0, 0.05) is 18.2 Å². The minimum absolute atomic E-state index is 0.237. The van der Waals surface area contributed by atoms with Gasteiger partial charge in [-0.3, -0.25) is 0 Å². The van der Waals surface area contributed by atoms with Crippen molar-refractivity contribution in [2.75, 3.05) is 0 Å². The molecular weight excluding hydrogens is 263 g/mol. The van der Waals surface area contributed by atoms with Crippen molar-refractivity contribution < 1.29 is 13.2 Å². The smallest absolute Gasteiger partial charge is 0.159 e. The Labute approximate surface area is 116 Å². The summed E-state index contributed by atoms with van der Waals surface area (Å²) < 4.78 is 39.9. The Balaban J connectivity index is 2.32.